The molecule has 0 aromatic carbocycles. The summed E-state index contributed by atoms with van der Waals surface area (Å²) < 4.78 is 0. The fraction of sp³-hybridized carbons (Fsp3) is 1.00. The number of hydrogen-bond donors (Lipinski definition) is 2. The van der Waals surface area contributed by atoms with E-state index in [9.17, 15) is 0 Å². The summed E-state index contributed by atoms with van der Waals surface area (Å²) in [5.41, 5.74) is 0. The Morgan fingerprint density at radius 3 is 2.65 bits per heavy atom. The van der Waals surface area contributed by atoms with E-state index in [4.69, 9.17) is 0 Å². The Morgan fingerprint density at radius 2 is 2.00 bits per heavy atom. The van der Waals surface area contributed by atoms with Crippen LogP contribution in [0.15, 0.2) is 0 Å². The molecule has 2 heteroatoms. The van der Waals surface area contributed by atoms with Crippen LogP contribution in [-0.2, 0) is 0 Å². The number of piperidine rings is 1. The van der Waals surface area contributed by atoms with Gasteiger partial charge in [-0.3, -0.25) is 0 Å². The zero-order valence-electron chi connectivity index (χ0n) is 12.1. The number of unbranched alkanes of at least 4 members (excludes halogenated alkanes) is 1. The molecular weight excluding hydrogens is 208 g/mol. The van der Waals surface area contributed by atoms with E-state index in [-0.39, 0.29) is 0 Å². The smallest absolute Gasteiger partial charge is 0.00817 e. The summed E-state index contributed by atoms with van der Waals surface area (Å²) in [6.07, 6.45) is 9.54. The Kier molecular flexibility index (Phi) is 7.87. The molecule has 0 amide bonds. The van der Waals surface area contributed by atoms with Gasteiger partial charge in [-0.25, -0.2) is 0 Å². The van der Waals surface area contributed by atoms with Gasteiger partial charge in [-0.15, -0.1) is 0 Å². The highest BCUT2D eigenvalue weighted by Crippen LogP contribution is 2.12. The number of rotatable bonds is 8. The first kappa shape index (κ1) is 15.0. The van der Waals surface area contributed by atoms with Crippen LogP contribution in [0.3, 0.4) is 0 Å². The van der Waals surface area contributed by atoms with Crippen LogP contribution >= 0.6 is 0 Å². The Morgan fingerprint density at radius 1 is 1.18 bits per heavy atom. The number of nitrogens with one attached hydrogen (secondary N) is 2. The van der Waals surface area contributed by atoms with Gasteiger partial charge < -0.3 is 10.6 Å². The number of hydrogen-bond acceptors (Lipinski definition) is 2. The molecular formula is C15H32N2. The lowest BCUT2D eigenvalue weighted by Crippen LogP contribution is -2.40. The summed E-state index contributed by atoms with van der Waals surface area (Å²) in [6.45, 7) is 9.38. The van der Waals surface area contributed by atoms with Crippen molar-refractivity contribution in [2.24, 2.45) is 5.92 Å². The van der Waals surface area contributed by atoms with Crippen LogP contribution in [0.1, 0.15) is 65.7 Å². The third-order valence-electron chi connectivity index (χ3n) is 3.75. The van der Waals surface area contributed by atoms with Crippen molar-refractivity contribution in [3.8, 4) is 0 Å². The maximum atomic E-state index is 3.66. The first-order chi connectivity index (χ1) is 8.18. The van der Waals surface area contributed by atoms with E-state index in [1.54, 1.807) is 0 Å². The van der Waals surface area contributed by atoms with Gasteiger partial charge >= 0.3 is 0 Å². The van der Waals surface area contributed by atoms with Crippen molar-refractivity contribution in [2.45, 2.75) is 77.8 Å². The van der Waals surface area contributed by atoms with E-state index in [1.165, 1.54) is 58.0 Å². The van der Waals surface area contributed by atoms with Gasteiger partial charge in [0.25, 0.3) is 0 Å². The molecule has 0 saturated carbocycles. The molecule has 1 saturated heterocycles. The van der Waals surface area contributed by atoms with Gasteiger partial charge in [0.1, 0.15) is 0 Å². The monoisotopic (exact) mass is 240 g/mol. The van der Waals surface area contributed by atoms with Crippen LogP contribution in [0.5, 0.6) is 0 Å². The molecule has 2 nitrogen and oxygen atoms in total. The first-order valence-corrected chi connectivity index (χ1v) is 7.65. The Labute approximate surface area is 108 Å². The van der Waals surface area contributed by atoms with Crippen LogP contribution in [0.25, 0.3) is 0 Å². The molecule has 2 N–H and O–H groups in total. The summed E-state index contributed by atoms with van der Waals surface area (Å²) in [5.74, 6) is 0.860. The molecule has 1 rings (SSSR count). The predicted octanol–water partition coefficient (Wildman–Crippen LogP) is 3.32. The third kappa shape index (κ3) is 7.77. The van der Waals surface area contributed by atoms with Crippen LogP contribution in [0.4, 0.5) is 0 Å². The van der Waals surface area contributed by atoms with Crippen LogP contribution < -0.4 is 10.6 Å². The van der Waals surface area contributed by atoms with Crippen molar-refractivity contribution in [2.75, 3.05) is 13.1 Å². The largest absolute Gasteiger partial charge is 0.314 e. The van der Waals surface area contributed by atoms with Gasteiger partial charge in [-0.05, 0) is 51.6 Å². The Bertz CT molecular complexity index is 174. The predicted molar refractivity (Wildman–Crippen MR) is 76.4 cm³/mol. The lowest BCUT2D eigenvalue weighted by molar-refractivity contribution is 0.343. The summed E-state index contributed by atoms with van der Waals surface area (Å²) >= 11 is 0. The lowest BCUT2D eigenvalue weighted by atomic mass is 9.98. The van der Waals surface area contributed by atoms with E-state index in [0.29, 0.717) is 6.04 Å². The van der Waals surface area contributed by atoms with E-state index in [1.807, 2.05) is 0 Å². The van der Waals surface area contributed by atoms with Crippen molar-refractivity contribution in [1.29, 1.82) is 0 Å². The molecule has 1 aliphatic heterocycles. The van der Waals surface area contributed by atoms with Gasteiger partial charge in [-0.1, -0.05) is 33.1 Å². The highest BCUT2D eigenvalue weighted by atomic mass is 15.0. The molecule has 102 valence electrons. The van der Waals surface area contributed by atoms with Crippen molar-refractivity contribution >= 4 is 0 Å². The van der Waals surface area contributed by atoms with Gasteiger partial charge in [0, 0.05) is 12.1 Å². The zero-order chi connectivity index (χ0) is 12.5. The van der Waals surface area contributed by atoms with Gasteiger partial charge in [-0.2, -0.15) is 0 Å². The molecule has 0 aromatic rings. The fourth-order valence-corrected chi connectivity index (χ4v) is 2.66. The molecule has 0 aromatic heterocycles. The average Bonchev–Trinajstić information content (AvgIpc) is 2.29. The molecule has 0 aliphatic carbocycles. The molecule has 0 spiro atoms. The van der Waals surface area contributed by atoms with Gasteiger partial charge in [0.2, 0.25) is 0 Å². The summed E-state index contributed by atoms with van der Waals surface area (Å²) in [7, 11) is 0. The second-order valence-corrected chi connectivity index (χ2v) is 6.13. The van der Waals surface area contributed by atoms with E-state index < -0.39 is 0 Å². The van der Waals surface area contributed by atoms with E-state index in [0.717, 1.165) is 12.0 Å². The normalized spacial score (nSPS) is 22.9. The van der Waals surface area contributed by atoms with Gasteiger partial charge in [0.05, 0.1) is 0 Å². The second kappa shape index (κ2) is 8.93. The van der Waals surface area contributed by atoms with Crippen LogP contribution in [-0.4, -0.2) is 25.2 Å². The van der Waals surface area contributed by atoms with Crippen molar-refractivity contribution in [3.05, 3.63) is 0 Å². The molecule has 17 heavy (non-hydrogen) atoms. The first-order valence-electron chi connectivity index (χ1n) is 7.65. The second-order valence-electron chi connectivity index (χ2n) is 6.13. The van der Waals surface area contributed by atoms with Crippen molar-refractivity contribution in [1.82, 2.24) is 10.6 Å². The lowest BCUT2D eigenvalue weighted by Gasteiger charge is -2.26. The molecule has 2 unspecified atom stereocenters. The highest BCUT2D eigenvalue weighted by Gasteiger charge is 2.14. The quantitative estimate of drug-likeness (QED) is 0.636. The zero-order valence-corrected chi connectivity index (χ0v) is 12.1. The summed E-state index contributed by atoms with van der Waals surface area (Å²) in [5, 5.41) is 7.29. The Hall–Kier alpha value is -0.0800. The third-order valence-corrected chi connectivity index (χ3v) is 3.75. The van der Waals surface area contributed by atoms with E-state index >= 15 is 0 Å². The van der Waals surface area contributed by atoms with E-state index in [2.05, 4.69) is 31.4 Å². The minimum atomic E-state index is 0.671. The standard InChI is InChI=1S/C15H32N2/c1-13(2)8-4-6-10-16-14(3)12-15-9-5-7-11-17-15/h13-17H,4-12H2,1-3H3. The minimum absolute atomic E-state index is 0.671. The molecule has 1 heterocycles. The molecule has 1 aliphatic rings. The maximum Gasteiger partial charge on any atom is 0.00817 e. The van der Waals surface area contributed by atoms with Crippen molar-refractivity contribution in [3.63, 3.8) is 0 Å². The van der Waals surface area contributed by atoms with Crippen LogP contribution in [0, 0.1) is 5.92 Å². The molecule has 0 bridgehead atoms. The summed E-state index contributed by atoms with van der Waals surface area (Å²) in [6, 6.07) is 1.44. The van der Waals surface area contributed by atoms with Crippen LogP contribution in [0.2, 0.25) is 0 Å². The minimum Gasteiger partial charge on any atom is -0.314 e. The van der Waals surface area contributed by atoms with Gasteiger partial charge in [0.15, 0.2) is 0 Å². The highest BCUT2D eigenvalue weighted by molar-refractivity contribution is 4.76. The molecule has 0 radical (unpaired) electrons. The maximum absolute atomic E-state index is 3.66. The topological polar surface area (TPSA) is 24.1 Å². The molecule has 1 fully saturated rings. The average molecular weight is 240 g/mol. The molecule has 2 atom stereocenters. The SMILES string of the molecule is CC(C)CCCCNC(C)CC1CCCCN1. The fourth-order valence-electron chi connectivity index (χ4n) is 2.66. The van der Waals surface area contributed by atoms with Crippen molar-refractivity contribution < 1.29 is 0 Å². The summed E-state index contributed by atoms with van der Waals surface area (Å²) in [4.78, 5) is 0. The Balaban J connectivity index is 1.95.